The van der Waals surface area contributed by atoms with Crippen LogP contribution in [0.3, 0.4) is 0 Å². The average molecular weight is 545 g/mol. The van der Waals surface area contributed by atoms with E-state index in [2.05, 4.69) is 0 Å². The van der Waals surface area contributed by atoms with Crippen LogP contribution in [0.1, 0.15) is 74.0 Å². The lowest BCUT2D eigenvalue weighted by Crippen LogP contribution is -2.22. The number of hydrogen-bond donors (Lipinski definition) is 0. The van der Waals surface area contributed by atoms with Crippen molar-refractivity contribution in [1.82, 2.24) is 0 Å². The van der Waals surface area contributed by atoms with Gasteiger partial charge in [0.1, 0.15) is 23.2 Å². The number of carbonyl (C=O) groups excluding carboxylic acids is 4. The summed E-state index contributed by atoms with van der Waals surface area (Å²) in [4.78, 5) is 49.9. The van der Waals surface area contributed by atoms with E-state index >= 15 is 0 Å². The summed E-state index contributed by atoms with van der Waals surface area (Å²) < 4.78 is 18.7. The highest BCUT2D eigenvalue weighted by Gasteiger charge is 2.24. The number of hydrogen-bond acceptors (Lipinski definition) is 5. The molecule has 0 amide bonds. The predicted octanol–water partition coefficient (Wildman–Crippen LogP) is 6.82. The second-order valence-electron chi connectivity index (χ2n) is 10.2. The van der Waals surface area contributed by atoms with Crippen molar-refractivity contribution in [3.8, 4) is 0 Å². The second-order valence-corrected chi connectivity index (χ2v) is 10.2. The van der Waals surface area contributed by atoms with Crippen molar-refractivity contribution in [2.75, 3.05) is 7.11 Å². The Bertz CT molecular complexity index is 1220. The summed E-state index contributed by atoms with van der Waals surface area (Å²) in [6.07, 6.45) is 2.79. The second kappa shape index (κ2) is 16.2. The highest BCUT2D eigenvalue weighted by Crippen LogP contribution is 2.29. The van der Waals surface area contributed by atoms with Crippen molar-refractivity contribution < 1.29 is 28.3 Å². The first-order chi connectivity index (χ1) is 19.4. The summed E-state index contributed by atoms with van der Waals surface area (Å²) in [6, 6.07) is 26.0. The Labute approximate surface area is 235 Å². The Morgan fingerprint density at radius 3 is 1.90 bits per heavy atom. The molecule has 0 N–H and O–H groups in total. The first-order valence-electron chi connectivity index (χ1n) is 13.8. The van der Waals surface area contributed by atoms with Crippen molar-refractivity contribution in [2.24, 2.45) is 5.92 Å². The molecule has 0 aliphatic rings. The fourth-order valence-corrected chi connectivity index (χ4v) is 4.97. The fraction of sp³-hybridized carbons (Fsp3) is 0.353. The molecule has 0 heterocycles. The van der Waals surface area contributed by atoms with Gasteiger partial charge in [-0.15, -0.1) is 0 Å². The van der Waals surface area contributed by atoms with Gasteiger partial charge in [-0.3, -0.25) is 19.2 Å². The van der Waals surface area contributed by atoms with Gasteiger partial charge in [0.15, 0.2) is 0 Å². The largest absolute Gasteiger partial charge is 0.469 e. The van der Waals surface area contributed by atoms with Gasteiger partial charge >= 0.3 is 5.97 Å². The van der Waals surface area contributed by atoms with Gasteiger partial charge in [0.05, 0.1) is 19.4 Å². The van der Waals surface area contributed by atoms with Gasteiger partial charge in [-0.05, 0) is 35.6 Å². The van der Waals surface area contributed by atoms with Crippen LogP contribution >= 0.6 is 0 Å². The molecule has 0 radical (unpaired) electrons. The van der Waals surface area contributed by atoms with Gasteiger partial charge in [0.25, 0.3) is 0 Å². The minimum atomic E-state index is -0.644. The summed E-state index contributed by atoms with van der Waals surface area (Å²) >= 11 is 0. The maximum absolute atomic E-state index is 13.8. The van der Waals surface area contributed by atoms with Crippen molar-refractivity contribution in [2.45, 2.75) is 63.7 Å². The van der Waals surface area contributed by atoms with E-state index in [1.54, 1.807) is 6.07 Å². The Hall–Kier alpha value is -3.93. The van der Waals surface area contributed by atoms with E-state index in [9.17, 15) is 23.6 Å². The monoisotopic (exact) mass is 544 g/mol. The van der Waals surface area contributed by atoms with Crippen LogP contribution < -0.4 is 0 Å². The average Bonchev–Trinajstić information content (AvgIpc) is 2.96. The third kappa shape index (κ3) is 9.99. The molecule has 3 rings (SSSR count). The zero-order valence-electron chi connectivity index (χ0n) is 23.0. The van der Waals surface area contributed by atoms with Crippen molar-refractivity contribution in [3.63, 3.8) is 0 Å². The van der Waals surface area contributed by atoms with Crippen LogP contribution in [0.4, 0.5) is 4.39 Å². The van der Waals surface area contributed by atoms with E-state index in [-0.39, 0.29) is 48.1 Å². The van der Waals surface area contributed by atoms with Gasteiger partial charge in [0.2, 0.25) is 0 Å². The number of carbonyl (C=O) groups is 4. The number of ketones is 3. The lowest BCUT2D eigenvalue weighted by atomic mass is 9.86. The molecule has 0 saturated heterocycles. The molecular formula is C34H37FO5. The predicted molar refractivity (Wildman–Crippen MR) is 152 cm³/mol. The van der Waals surface area contributed by atoms with Crippen LogP contribution in [-0.4, -0.2) is 30.4 Å². The molecule has 5 nitrogen and oxygen atoms in total. The number of halogens is 1. The van der Waals surface area contributed by atoms with E-state index in [1.165, 1.54) is 25.3 Å². The molecule has 0 unspecified atom stereocenters. The lowest BCUT2D eigenvalue weighted by molar-refractivity contribution is -0.147. The van der Waals surface area contributed by atoms with E-state index in [1.807, 2.05) is 60.7 Å². The summed E-state index contributed by atoms with van der Waals surface area (Å²) in [5.41, 5.74) is 2.47. The molecule has 0 bridgehead atoms. The fourth-order valence-electron chi connectivity index (χ4n) is 4.97. The summed E-state index contributed by atoms with van der Waals surface area (Å²) in [5, 5.41) is 0. The summed E-state index contributed by atoms with van der Waals surface area (Å²) in [7, 11) is 1.28. The van der Waals surface area contributed by atoms with Crippen LogP contribution in [-0.2, 0) is 30.3 Å². The number of ether oxygens (including phenoxy) is 1. The maximum Gasteiger partial charge on any atom is 0.309 e. The van der Waals surface area contributed by atoms with Crippen LogP contribution in [0.5, 0.6) is 0 Å². The van der Waals surface area contributed by atoms with Crippen LogP contribution in [0, 0.1) is 11.7 Å². The Morgan fingerprint density at radius 1 is 0.700 bits per heavy atom. The number of methoxy groups -OCH3 is 1. The molecule has 3 aromatic rings. The molecule has 40 heavy (non-hydrogen) atoms. The van der Waals surface area contributed by atoms with E-state index < -0.39 is 17.7 Å². The van der Waals surface area contributed by atoms with Gasteiger partial charge in [-0.1, -0.05) is 91.7 Å². The number of benzene rings is 3. The van der Waals surface area contributed by atoms with Gasteiger partial charge < -0.3 is 4.74 Å². The standard InChI is InChI=1S/C34H37FO5/c1-40-34(39)28(22-31(38)23-30(37)21-27-17-11-12-20-33(27)35)18-9-4-10-19-29(36)24-32(25-13-5-2-6-14-25)26-15-7-3-8-16-26/h2-3,5-8,11-17,20,28,32H,4,9-10,18-19,21-24H2,1H3/t28-/m1/s1. The van der Waals surface area contributed by atoms with Gasteiger partial charge in [-0.25, -0.2) is 4.39 Å². The van der Waals surface area contributed by atoms with Gasteiger partial charge in [0, 0.05) is 31.6 Å². The summed E-state index contributed by atoms with van der Waals surface area (Å²) in [6.45, 7) is 0. The minimum absolute atomic E-state index is 0.00529. The van der Waals surface area contributed by atoms with E-state index in [0.29, 0.717) is 32.1 Å². The minimum Gasteiger partial charge on any atom is -0.469 e. The molecule has 6 heteroatoms. The molecule has 210 valence electrons. The SMILES string of the molecule is COC(=O)[C@H](CCCCCC(=O)CC(c1ccccc1)c1ccccc1)CC(=O)CC(=O)Cc1ccccc1F. The topological polar surface area (TPSA) is 77.5 Å². The molecule has 0 fully saturated rings. The third-order valence-corrected chi connectivity index (χ3v) is 7.09. The van der Waals surface area contributed by atoms with Crippen LogP contribution in [0.15, 0.2) is 84.9 Å². The van der Waals surface area contributed by atoms with Crippen LogP contribution in [0.2, 0.25) is 0 Å². The Kier molecular flexibility index (Phi) is 12.4. The smallest absolute Gasteiger partial charge is 0.309 e. The van der Waals surface area contributed by atoms with Crippen LogP contribution in [0.25, 0.3) is 0 Å². The third-order valence-electron chi connectivity index (χ3n) is 7.09. The Morgan fingerprint density at radius 2 is 1.30 bits per heavy atom. The molecule has 0 saturated carbocycles. The molecule has 0 aliphatic heterocycles. The quantitative estimate of drug-likeness (QED) is 0.106. The number of Topliss-reactive ketones (excluding diaryl/α,β-unsaturated/α-hetero) is 3. The lowest BCUT2D eigenvalue weighted by Gasteiger charge is -2.17. The van der Waals surface area contributed by atoms with Crippen molar-refractivity contribution in [3.05, 3.63) is 107 Å². The first kappa shape index (κ1) is 30.6. The molecule has 0 aromatic heterocycles. The maximum atomic E-state index is 13.8. The number of esters is 1. The van der Waals surface area contributed by atoms with Crippen molar-refractivity contribution >= 4 is 23.3 Å². The first-order valence-corrected chi connectivity index (χ1v) is 13.8. The highest BCUT2D eigenvalue weighted by atomic mass is 19.1. The highest BCUT2D eigenvalue weighted by molar-refractivity contribution is 6.00. The normalized spacial score (nSPS) is 11.7. The van der Waals surface area contributed by atoms with Crippen molar-refractivity contribution in [1.29, 1.82) is 0 Å². The molecular weight excluding hydrogens is 507 g/mol. The molecule has 0 spiro atoms. The zero-order chi connectivity index (χ0) is 28.7. The molecule has 1 atom stereocenters. The summed E-state index contributed by atoms with van der Waals surface area (Å²) in [5.74, 6) is -2.17. The Balaban J connectivity index is 1.43. The zero-order valence-corrected chi connectivity index (χ0v) is 23.0. The molecule has 0 aliphatic carbocycles. The van der Waals surface area contributed by atoms with E-state index in [0.717, 1.165) is 17.5 Å². The van der Waals surface area contributed by atoms with E-state index in [4.69, 9.17) is 4.74 Å². The van der Waals surface area contributed by atoms with Gasteiger partial charge in [-0.2, -0.15) is 0 Å². The number of unbranched alkanes of at least 4 members (excludes halogenated alkanes) is 2. The molecule has 3 aromatic carbocycles. The number of rotatable bonds is 17.